The first-order valence-electron chi connectivity index (χ1n) is 8.57. The standard InChI is InChI=1S/C20H25BrN4O.HI/c1-4-22-20(24-14-16-7-11-18(21)12-8-16)23-13-15-5-9-17(10-6-15)19(26)25(2)3;/h5-12H,4,13-14H2,1-3H3,(H2,22,23,24);1H. The Balaban J connectivity index is 0.00000364. The van der Waals surface area contributed by atoms with Crippen molar-refractivity contribution in [3.05, 3.63) is 69.7 Å². The zero-order valence-corrected chi connectivity index (χ0v) is 19.7. The maximum absolute atomic E-state index is 11.9. The Hall–Kier alpha value is -1.61. The summed E-state index contributed by atoms with van der Waals surface area (Å²) in [5.74, 6) is 0.772. The Labute approximate surface area is 186 Å². The average Bonchev–Trinajstić information content (AvgIpc) is 2.65. The molecule has 2 rings (SSSR count). The number of guanidine groups is 1. The van der Waals surface area contributed by atoms with Gasteiger partial charge in [0.05, 0.1) is 6.54 Å². The molecule has 5 nitrogen and oxygen atoms in total. The fourth-order valence-electron chi connectivity index (χ4n) is 2.31. The molecule has 0 bridgehead atoms. The van der Waals surface area contributed by atoms with Crippen molar-refractivity contribution in [2.75, 3.05) is 20.6 Å². The van der Waals surface area contributed by atoms with Crippen LogP contribution in [0, 0.1) is 0 Å². The van der Waals surface area contributed by atoms with Gasteiger partial charge in [0.15, 0.2) is 5.96 Å². The number of halogens is 2. The van der Waals surface area contributed by atoms with Gasteiger partial charge in [-0.3, -0.25) is 4.79 Å². The topological polar surface area (TPSA) is 56.7 Å². The summed E-state index contributed by atoms with van der Waals surface area (Å²) >= 11 is 3.44. The lowest BCUT2D eigenvalue weighted by molar-refractivity contribution is 0.0827. The molecule has 0 aliphatic rings. The number of carbonyl (C=O) groups is 1. The van der Waals surface area contributed by atoms with Gasteiger partial charge in [0, 0.05) is 37.2 Å². The average molecular weight is 545 g/mol. The maximum atomic E-state index is 11.9. The van der Waals surface area contributed by atoms with Crippen LogP contribution in [-0.2, 0) is 13.1 Å². The van der Waals surface area contributed by atoms with E-state index in [-0.39, 0.29) is 29.9 Å². The van der Waals surface area contributed by atoms with Crippen LogP contribution < -0.4 is 10.6 Å². The quantitative estimate of drug-likeness (QED) is 0.328. The molecule has 0 aliphatic heterocycles. The summed E-state index contributed by atoms with van der Waals surface area (Å²) in [4.78, 5) is 18.1. The van der Waals surface area contributed by atoms with E-state index in [9.17, 15) is 4.79 Å². The fraction of sp³-hybridized carbons (Fsp3) is 0.300. The maximum Gasteiger partial charge on any atom is 0.253 e. The minimum absolute atomic E-state index is 0. The number of amides is 1. The zero-order valence-electron chi connectivity index (χ0n) is 15.8. The van der Waals surface area contributed by atoms with Crippen LogP contribution in [0.1, 0.15) is 28.4 Å². The number of rotatable bonds is 6. The third kappa shape index (κ3) is 7.88. The van der Waals surface area contributed by atoms with E-state index in [2.05, 4.69) is 43.7 Å². The van der Waals surface area contributed by atoms with E-state index in [4.69, 9.17) is 0 Å². The summed E-state index contributed by atoms with van der Waals surface area (Å²) in [6.45, 7) is 4.09. The molecule has 0 fully saturated rings. The van der Waals surface area contributed by atoms with Crippen molar-refractivity contribution in [1.29, 1.82) is 0 Å². The van der Waals surface area contributed by atoms with Gasteiger partial charge in [-0.15, -0.1) is 24.0 Å². The Kier molecular flexibility index (Phi) is 10.4. The molecule has 27 heavy (non-hydrogen) atoms. The van der Waals surface area contributed by atoms with E-state index in [0.29, 0.717) is 18.7 Å². The summed E-state index contributed by atoms with van der Waals surface area (Å²) in [7, 11) is 3.50. The Morgan fingerprint density at radius 3 is 2.15 bits per heavy atom. The number of benzene rings is 2. The largest absolute Gasteiger partial charge is 0.357 e. The molecule has 7 heteroatoms. The Bertz CT molecular complexity index is 746. The number of carbonyl (C=O) groups excluding carboxylic acids is 1. The molecule has 0 aliphatic carbocycles. The van der Waals surface area contributed by atoms with Crippen molar-refractivity contribution in [2.45, 2.75) is 20.0 Å². The third-order valence-electron chi connectivity index (χ3n) is 3.74. The second-order valence-electron chi connectivity index (χ2n) is 6.07. The number of nitrogens with zero attached hydrogens (tertiary/aromatic N) is 2. The first-order chi connectivity index (χ1) is 12.5. The summed E-state index contributed by atoms with van der Waals surface area (Å²) in [5.41, 5.74) is 2.93. The smallest absolute Gasteiger partial charge is 0.253 e. The van der Waals surface area contributed by atoms with Gasteiger partial charge in [0.1, 0.15) is 0 Å². The van der Waals surface area contributed by atoms with Crippen molar-refractivity contribution in [3.63, 3.8) is 0 Å². The summed E-state index contributed by atoms with van der Waals surface area (Å²) in [6.07, 6.45) is 0. The molecule has 0 atom stereocenters. The number of nitrogens with one attached hydrogen (secondary N) is 2. The zero-order chi connectivity index (χ0) is 18.9. The molecule has 0 spiro atoms. The van der Waals surface area contributed by atoms with Crippen LogP contribution in [0.5, 0.6) is 0 Å². The normalized spacial score (nSPS) is 10.7. The van der Waals surface area contributed by atoms with E-state index in [1.165, 1.54) is 5.56 Å². The van der Waals surface area contributed by atoms with E-state index in [0.717, 1.165) is 22.5 Å². The van der Waals surface area contributed by atoms with Gasteiger partial charge in [0.25, 0.3) is 5.91 Å². The lowest BCUT2D eigenvalue weighted by atomic mass is 10.1. The molecule has 0 aromatic heterocycles. The van der Waals surface area contributed by atoms with Crippen molar-refractivity contribution >= 4 is 51.8 Å². The van der Waals surface area contributed by atoms with Crippen molar-refractivity contribution < 1.29 is 4.79 Å². The third-order valence-corrected chi connectivity index (χ3v) is 4.27. The summed E-state index contributed by atoms with van der Waals surface area (Å²) in [5, 5.41) is 6.58. The minimum Gasteiger partial charge on any atom is -0.357 e. The molecule has 1 amide bonds. The molecule has 146 valence electrons. The molecule has 2 N–H and O–H groups in total. The molecular formula is C20H26BrIN4O. The first-order valence-corrected chi connectivity index (χ1v) is 9.36. The van der Waals surface area contributed by atoms with Gasteiger partial charge in [-0.2, -0.15) is 0 Å². The molecule has 0 heterocycles. The van der Waals surface area contributed by atoms with Crippen molar-refractivity contribution in [3.8, 4) is 0 Å². The highest BCUT2D eigenvalue weighted by Gasteiger charge is 2.07. The van der Waals surface area contributed by atoms with Crippen LogP contribution in [0.4, 0.5) is 0 Å². The Morgan fingerprint density at radius 1 is 1.00 bits per heavy atom. The van der Waals surface area contributed by atoms with Gasteiger partial charge < -0.3 is 15.5 Å². The van der Waals surface area contributed by atoms with E-state index < -0.39 is 0 Å². The fourth-order valence-corrected chi connectivity index (χ4v) is 2.58. The Morgan fingerprint density at radius 2 is 1.59 bits per heavy atom. The monoisotopic (exact) mass is 544 g/mol. The lowest BCUT2D eigenvalue weighted by Crippen LogP contribution is -2.36. The number of aliphatic imine (C=N–C) groups is 1. The SMILES string of the molecule is CCNC(=NCc1ccc(C(=O)N(C)C)cc1)NCc1ccc(Br)cc1.I. The highest BCUT2D eigenvalue weighted by molar-refractivity contribution is 14.0. The first kappa shape index (κ1) is 23.4. The van der Waals surface area contributed by atoms with Gasteiger partial charge in [-0.1, -0.05) is 40.2 Å². The van der Waals surface area contributed by atoms with Gasteiger partial charge in [0.2, 0.25) is 0 Å². The summed E-state index contributed by atoms with van der Waals surface area (Å²) in [6, 6.07) is 15.8. The predicted molar refractivity (Wildman–Crippen MR) is 126 cm³/mol. The lowest BCUT2D eigenvalue weighted by Gasteiger charge is -2.12. The van der Waals surface area contributed by atoms with Crippen LogP contribution in [-0.4, -0.2) is 37.4 Å². The van der Waals surface area contributed by atoms with E-state index in [1.807, 2.05) is 43.3 Å². The molecular weight excluding hydrogens is 519 g/mol. The van der Waals surface area contributed by atoms with Crippen molar-refractivity contribution in [2.24, 2.45) is 4.99 Å². The van der Waals surface area contributed by atoms with Crippen LogP contribution >= 0.6 is 39.9 Å². The van der Waals surface area contributed by atoms with Crippen molar-refractivity contribution in [1.82, 2.24) is 15.5 Å². The predicted octanol–water partition coefficient (Wildman–Crippen LogP) is 4.02. The highest BCUT2D eigenvalue weighted by Crippen LogP contribution is 2.10. The highest BCUT2D eigenvalue weighted by atomic mass is 127. The van der Waals surface area contributed by atoms with Gasteiger partial charge >= 0.3 is 0 Å². The van der Waals surface area contributed by atoms with Gasteiger partial charge in [-0.05, 0) is 42.3 Å². The second kappa shape index (κ2) is 12.0. The van der Waals surface area contributed by atoms with Crippen LogP contribution in [0.15, 0.2) is 58.0 Å². The van der Waals surface area contributed by atoms with Crippen LogP contribution in [0.2, 0.25) is 0 Å². The summed E-state index contributed by atoms with van der Waals surface area (Å²) < 4.78 is 1.07. The van der Waals surface area contributed by atoms with Crippen LogP contribution in [0.3, 0.4) is 0 Å². The molecule has 2 aromatic rings. The second-order valence-corrected chi connectivity index (χ2v) is 6.99. The molecule has 0 radical (unpaired) electrons. The van der Waals surface area contributed by atoms with Gasteiger partial charge in [-0.25, -0.2) is 4.99 Å². The molecule has 0 saturated carbocycles. The van der Waals surface area contributed by atoms with Crippen LogP contribution in [0.25, 0.3) is 0 Å². The number of hydrogen-bond acceptors (Lipinski definition) is 2. The number of hydrogen-bond donors (Lipinski definition) is 2. The molecule has 2 aromatic carbocycles. The molecule has 0 saturated heterocycles. The van der Waals surface area contributed by atoms with E-state index >= 15 is 0 Å². The molecule has 0 unspecified atom stereocenters. The minimum atomic E-state index is 0. The van der Waals surface area contributed by atoms with E-state index in [1.54, 1.807) is 19.0 Å².